The van der Waals surface area contributed by atoms with Crippen molar-refractivity contribution in [2.45, 2.75) is 59.8 Å². The molecule has 0 saturated carbocycles. The topological polar surface area (TPSA) is 20.2 Å². The zero-order valence-electron chi connectivity index (χ0n) is 9.77. The van der Waals surface area contributed by atoms with E-state index in [1.807, 2.05) is 0 Å². The highest BCUT2D eigenvalue weighted by Crippen LogP contribution is 2.34. The van der Waals surface area contributed by atoms with Crippen LogP contribution in [0.25, 0.3) is 0 Å². The second-order valence-electron chi connectivity index (χ2n) is 4.86. The van der Waals surface area contributed by atoms with E-state index in [9.17, 15) is 0 Å². The van der Waals surface area contributed by atoms with Crippen molar-refractivity contribution in [1.29, 1.82) is 0 Å². The molecule has 1 N–H and O–H groups in total. The van der Waals surface area contributed by atoms with Crippen LogP contribution in [-0.4, -0.2) is 11.7 Å². The first-order valence-electron chi connectivity index (χ1n) is 5.65. The Morgan fingerprint density at radius 3 is 2.31 bits per heavy atom. The quantitative estimate of drug-likeness (QED) is 0.602. The van der Waals surface area contributed by atoms with Crippen molar-refractivity contribution in [2.24, 2.45) is 11.3 Å². The lowest BCUT2D eigenvalue weighted by molar-refractivity contribution is 0.184. The largest absolute Gasteiger partial charge is 0.396 e. The molecule has 1 heteroatoms. The molecule has 0 aliphatic rings. The minimum atomic E-state index is 0.345. The Morgan fingerprint density at radius 1 is 1.23 bits per heavy atom. The maximum Gasteiger partial charge on any atom is 0.0431 e. The van der Waals surface area contributed by atoms with Gasteiger partial charge in [-0.3, -0.25) is 0 Å². The highest BCUT2D eigenvalue weighted by atomic mass is 16.2. The summed E-state index contributed by atoms with van der Waals surface area (Å²) in [5, 5.41) is 8.71. The summed E-state index contributed by atoms with van der Waals surface area (Å²) >= 11 is 0. The van der Waals surface area contributed by atoms with Gasteiger partial charge in [0.05, 0.1) is 0 Å². The van der Waals surface area contributed by atoms with Gasteiger partial charge >= 0.3 is 0 Å². The van der Waals surface area contributed by atoms with Crippen LogP contribution in [0.15, 0.2) is 0 Å². The first-order chi connectivity index (χ1) is 6.04. The fraction of sp³-hybridized carbons (Fsp3) is 1.00. The molecule has 0 aromatic rings. The van der Waals surface area contributed by atoms with Gasteiger partial charge in [0, 0.05) is 6.61 Å². The van der Waals surface area contributed by atoms with Crippen molar-refractivity contribution < 1.29 is 5.11 Å². The van der Waals surface area contributed by atoms with Gasteiger partial charge in [-0.1, -0.05) is 47.0 Å². The summed E-state index contributed by atoms with van der Waals surface area (Å²) in [5.74, 6) is 0.802. The summed E-state index contributed by atoms with van der Waals surface area (Å²) in [4.78, 5) is 0. The molecule has 0 fully saturated rings. The third kappa shape index (κ3) is 5.30. The lowest BCUT2D eigenvalue weighted by atomic mass is 9.74. The predicted octanol–water partition coefficient (Wildman–Crippen LogP) is 3.61. The van der Waals surface area contributed by atoms with Crippen LogP contribution in [0.2, 0.25) is 0 Å². The molecule has 0 saturated heterocycles. The van der Waals surface area contributed by atoms with E-state index in [0.29, 0.717) is 12.0 Å². The van der Waals surface area contributed by atoms with E-state index in [2.05, 4.69) is 27.7 Å². The normalized spacial score (nSPS) is 14.5. The highest BCUT2D eigenvalue weighted by Gasteiger charge is 2.24. The first-order valence-corrected chi connectivity index (χ1v) is 5.65. The van der Waals surface area contributed by atoms with Gasteiger partial charge in [-0.05, 0) is 24.2 Å². The van der Waals surface area contributed by atoms with E-state index in [-0.39, 0.29) is 0 Å². The molecule has 1 unspecified atom stereocenters. The Labute approximate surface area is 83.5 Å². The van der Waals surface area contributed by atoms with Crippen molar-refractivity contribution in [3.63, 3.8) is 0 Å². The number of aliphatic hydroxyl groups is 1. The summed E-state index contributed by atoms with van der Waals surface area (Å²) in [7, 11) is 0. The van der Waals surface area contributed by atoms with Crippen molar-refractivity contribution in [2.75, 3.05) is 6.61 Å². The number of hydrogen-bond acceptors (Lipinski definition) is 1. The van der Waals surface area contributed by atoms with E-state index in [4.69, 9.17) is 5.11 Å². The summed E-state index contributed by atoms with van der Waals surface area (Å²) in [6.07, 6.45) is 5.98. The van der Waals surface area contributed by atoms with Gasteiger partial charge in [0.25, 0.3) is 0 Å². The Bertz CT molecular complexity index is 118. The second-order valence-corrected chi connectivity index (χ2v) is 4.86. The summed E-state index contributed by atoms with van der Waals surface area (Å²) < 4.78 is 0. The van der Waals surface area contributed by atoms with Gasteiger partial charge in [0.1, 0.15) is 0 Å². The molecule has 13 heavy (non-hydrogen) atoms. The smallest absolute Gasteiger partial charge is 0.0431 e. The van der Waals surface area contributed by atoms with Crippen LogP contribution in [0.5, 0.6) is 0 Å². The Kier molecular flexibility index (Phi) is 6.40. The van der Waals surface area contributed by atoms with Gasteiger partial charge in [-0.15, -0.1) is 0 Å². The van der Waals surface area contributed by atoms with Crippen LogP contribution < -0.4 is 0 Å². The molecule has 1 atom stereocenters. The fourth-order valence-electron chi connectivity index (χ4n) is 1.76. The molecule has 0 heterocycles. The molecule has 0 aromatic heterocycles. The zero-order chi connectivity index (χ0) is 10.3. The van der Waals surface area contributed by atoms with E-state index >= 15 is 0 Å². The SMILES string of the molecule is CCCC(C)C(C)(C)CCCCO. The third-order valence-electron chi connectivity index (χ3n) is 3.28. The average Bonchev–Trinajstić information content (AvgIpc) is 2.05. The zero-order valence-corrected chi connectivity index (χ0v) is 9.77. The Morgan fingerprint density at radius 2 is 1.85 bits per heavy atom. The molecule has 0 amide bonds. The van der Waals surface area contributed by atoms with Gasteiger partial charge in [-0.2, -0.15) is 0 Å². The molecule has 0 aliphatic heterocycles. The van der Waals surface area contributed by atoms with Crippen molar-refractivity contribution in [3.8, 4) is 0 Å². The van der Waals surface area contributed by atoms with Crippen LogP contribution in [0.4, 0.5) is 0 Å². The van der Waals surface area contributed by atoms with Crippen molar-refractivity contribution >= 4 is 0 Å². The monoisotopic (exact) mass is 186 g/mol. The predicted molar refractivity (Wildman–Crippen MR) is 58.8 cm³/mol. The Balaban J connectivity index is 3.76. The van der Waals surface area contributed by atoms with Crippen LogP contribution in [-0.2, 0) is 0 Å². The average molecular weight is 186 g/mol. The van der Waals surface area contributed by atoms with Gasteiger partial charge in [0.15, 0.2) is 0 Å². The molecule has 0 radical (unpaired) electrons. The number of aliphatic hydroxyl groups excluding tert-OH is 1. The number of unbranched alkanes of at least 4 members (excludes halogenated alkanes) is 1. The number of hydrogen-bond donors (Lipinski definition) is 1. The lowest BCUT2D eigenvalue weighted by Gasteiger charge is -2.31. The van der Waals surface area contributed by atoms with Crippen molar-refractivity contribution in [1.82, 2.24) is 0 Å². The van der Waals surface area contributed by atoms with E-state index in [0.717, 1.165) is 18.8 Å². The van der Waals surface area contributed by atoms with E-state index in [1.165, 1.54) is 19.3 Å². The van der Waals surface area contributed by atoms with Gasteiger partial charge < -0.3 is 5.11 Å². The van der Waals surface area contributed by atoms with Gasteiger partial charge in [0.2, 0.25) is 0 Å². The van der Waals surface area contributed by atoms with Crippen molar-refractivity contribution in [3.05, 3.63) is 0 Å². The molecule has 0 bridgehead atoms. The molecule has 0 spiro atoms. The highest BCUT2D eigenvalue weighted by molar-refractivity contribution is 4.74. The summed E-state index contributed by atoms with van der Waals surface area (Å²) in [6.45, 7) is 9.65. The van der Waals surface area contributed by atoms with Crippen LogP contribution in [0.3, 0.4) is 0 Å². The standard InChI is InChI=1S/C12H26O/c1-5-8-11(2)12(3,4)9-6-7-10-13/h11,13H,5-10H2,1-4H3. The van der Waals surface area contributed by atoms with Crippen LogP contribution >= 0.6 is 0 Å². The molecule has 0 rings (SSSR count). The first kappa shape index (κ1) is 13.0. The molecule has 0 aromatic carbocycles. The van der Waals surface area contributed by atoms with Gasteiger partial charge in [-0.25, -0.2) is 0 Å². The maximum absolute atomic E-state index is 8.71. The minimum absolute atomic E-state index is 0.345. The summed E-state index contributed by atoms with van der Waals surface area (Å²) in [6, 6.07) is 0. The molecule has 0 aliphatic carbocycles. The fourth-order valence-corrected chi connectivity index (χ4v) is 1.76. The van der Waals surface area contributed by atoms with E-state index in [1.54, 1.807) is 0 Å². The lowest BCUT2D eigenvalue weighted by Crippen LogP contribution is -2.21. The molecular formula is C12H26O. The number of rotatable bonds is 7. The Hall–Kier alpha value is -0.0400. The summed E-state index contributed by atoms with van der Waals surface area (Å²) in [5.41, 5.74) is 0.450. The van der Waals surface area contributed by atoms with E-state index < -0.39 is 0 Å². The second kappa shape index (κ2) is 6.42. The van der Waals surface area contributed by atoms with Crippen LogP contribution in [0.1, 0.15) is 59.8 Å². The minimum Gasteiger partial charge on any atom is -0.396 e. The molecular weight excluding hydrogens is 160 g/mol. The third-order valence-corrected chi connectivity index (χ3v) is 3.28. The molecule has 80 valence electrons. The molecule has 1 nitrogen and oxygen atoms in total. The maximum atomic E-state index is 8.71. The van der Waals surface area contributed by atoms with Crippen LogP contribution in [0, 0.1) is 11.3 Å².